The minimum absolute atomic E-state index is 0.0311. The zero-order chi connectivity index (χ0) is 31.3. The highest BCUT2D eigenvalue weighted by molar-refractivity contribution is 6.42. The summed E-state index contributed by atoms with van der Waals surface area (Å²) >= 11 is 13.0. The van der Waals surface area contributed by atoms with E-state index >= 15 is 0 Å². The summed E-state index contributed by atoms with van der Waals surface area (Å²) in [6.07, 6.45) is 4.31. The highest BCUT2D eigenvalue weighted by Gasteiger charge is 2.42. The van der Waals surface area contributed by atoms with Crippen molar-refractivity contribution in [1.82, 2.24) is 15.5 Å². The molecule has 0 bridgehead atoms. The number of nitrogens with one attached hydrogen (secondary N) is 2. The van der Waals surface area contributed by atoms with Gasteiger partial charge in [-0.15, -0.1) is 0 Å². The molecule has 0 radical (unpaired) electrons. The van der Waals surface area contributed by atoms with Crippen molar-refractivity contribution < 1.29 is 9.59 Å². The van der Waals surface area contributed by atoms with Crippen LogP contribution in [0.5, 0.6) is 0 Å². The molecule has 7 heteroatoms. The van der Waals surface area contributed by atoms with Crippen LogP contribution in [-0.4, -0.2) is 42.8 Å². The van der Waals surface area contributed by atoms with E-state index in [-0.39, 0.29) is 29.6 Å². The molecule has 3 aromatic rings. The molecule has 3 unspecified atom stereocenters. The summed E-state index contributed by atoms with van der Waals surface area (Å²) in [7, 11) is 0. The molecule has 0 aliphatic carbocycles. The van der Waals surface area contributed by atoms with Gasteiger partial charge in [-0.05, 0) is 74.4 Å². The van der Waals surface area contributed by atoms with Gasteiger partial charge < -0.3 is 10.6 Å². The number of carbonyl (C=O) groups excluding carboxylic acids is 2. The van der Waals surface area contributed by atoms with Crippen LogP contribution in [-0.2, 0) is 10.3 Å². The fourth-order valence-corrected chi connectivity index (χ4v) is 7.18. The first kappa shape index (κ1) is 32.7. The van der Waals surface area contributed by atoms with E-state index in [4.69, 9.17) is 23.2 Å². The molecule has 2 saturated heterocycles. The molecule has 234 valence electrons. The molecule has 2 heterocycles. The van der Waals surface area contributed by atoms with Crippen LogP contribution in [0.2, 0.25) is 10.0 Å². The maximum atomic E-state index is 14.2. The van der Waals surface area contributed by atoms with Crippen LogP contribution in [0.3, 0.4) is 0 Å². The van der Waals surface area contributed by atoms with Gasteiger partial charge in [0.05, 0.1) is 15.6 Å². The summed E-state index contributed by atoms with van der Waals surface area (Å²) in [6, 6.07) is 25.9. The number of ketones is 1. The average molecular weight is 635 g/mol. The minimum atomic E-state index is -0.499. The maximum absolute atomic E-state index is 14.2. The largest absolute Gasteiger partial charge is 0.346 e. The van der Waals surface area contributed by atoms with Crippen LogP contribution in [0.25, 0.3) is 0 Å². The average Bonchev–Trinajstić information content (AvgIpc) is 3.04. The Bertz CT molecular complexity index is 1410. The van der Waals surface area contributed by atoms with E-state index in [0.717, 1.165) is 68.6 Å². The molecule has 0 saturated carbocycles. The predicted molar refractivity (Wildman–Crippen MR) is 180 cm³/mol. The van der Waals surface area contributed by atoms with Crippen LogP contribution >= 0.6 is 23.2 Å². The maximum Gasteiger partial charge on any atom is 0.226 e. The number of amides is 1. The normalized spacial score (nSPS) is 20.4. The lowest BCUT2D eigenvalue weighted by atomic mass is 9.75. The Morgan fingerprint density at radius 3 is 2.20 bits per heavy atom. The molecule has 2 fully saturated rings. The van der Waals surface area contributed by atoms with Crippen molar-refractivity contribution in [2.45, 2.75) is 64.5 Å². The second kappa shape index (κ2) is 14.2. The number of likely N-dealkylation sites (tertiary alicyclic amines) is 1. The first-order valence-corrected chi connectivity index (χ1v) is 16.7. The quantitative estimate of drug-likeness (QED) is 0.234. The molecule has 2 aliphatic heterocycles. The third-order valence-corrected chi connectivity index (χ3v) is 10.3. The van der Waals surface area contributed by atoms with E-state index in [2.05, 4.69) is 33.7 Å². The monoisotopic (exact) mass is 633 g/mol. The molecular formula is C37H45Cl2N3O2. The molecule has 2 N–H and O–H groups in total. The highest BCUT2D eigenvalue weighted by atomic mass is 35.5. The Morgan fingerprint density at radius 1 is 0.955 bits per heavy atom. The second-order valence-corrected chi connectivity index (χ2v) is 14.4. The molecule has 2 aliphatic rings. The Kier molecular flexibility index (Phi) is 10.5. The van der Waals surface area contributed by atoms with Crippen LogP contribution in [0.4, 0.5) is 0 Å². The smallest absolute Gasteiger partial charge is 0.226 e. The molecule has 3 aromatic carbocycles. The van der Waals surface area contributed by atoms with E-state index in [0.29, 0.717) is 16.5 Å². The molecule has 5 nitrogen and oxygen atoms in total. The number of hydrogen-bond acceptors (Lipinski definition) is 4. The van der Waals surface area contributed by atoms with Crippen molar-refractivity contribution in [3.8, 4) is 0 Å². The van der Waals surface area contributed by atoms with E-state index < -0.39 is 11.0 Å². The van der Waals surface area contributed by atoms with Crippen molar-refractivity contribution in [3.05, 3.63) is 106 Å². The summed E-state index contributed by atoms with van der Waals surface area (Å²) in [4.78, 5) is 30.0. The topological polar surface area (TPSA) is 61.4 Å². The van der Waals surface area contributed by atoms with E-state index in [9.17, 15) is 9.59 Å². The Hall–Kier alpha value is -2.70. The Balaban J connectivity index is 1.48. The number of carbonyl (C=O) groups is 2. The second-order valence-electron chi connectivity index (χ2n) is 13.6. The van der Waals surface area contributed by atoms with Gasteiger partial charge in [-0.2, -0.15) is 0 Å². The van der Waals surface area contributed by atoms with Gasteiger partial charge in [-0.25, -0.2) is 0 Å². The molecule has 1 amide bonds. The van der Waals surface area contributed by atoms with E-state index in [1.807, 2.05) is 81.4 Å². The van der Waals surface area contributed by atoms with Gasteiger partial charge in [0.25, 0.3) is 0 Å². The summed E-state index contributed by atoms with van der Waals surface area (Å²) < 4.78 is 0. The van der Waals surface area contributed by atoms with Gasteiger partial charge in [0.2, 0.25) is 5.91 Å². The zero-order valence-corrected chi connectivity index (χ0v) is 27.6. The van der Waals surface area contributed by atoms with Gasteiger partial charge in [-0.1, -0.05) is 111 Å². The van der Waals surface area contributed by atoms with Crippen molar-refractivity contribution in [2.24, 2.45) is 17.3 Å². The summed E-state index contributed by atoms with van der Waals surface area (Å²) in [5.41, 5.74) is 2.01. The predicted octanol–water partition coefficient (Wildman–Crippen LogP) is 8.08. The lowest BCUT2D eigenvalue weighted by molar-refractivity contribution is -0.131. The number of piperidine rings is 2. The number of Topliss-reactive ketones (excluding diaryl/α,β-unsaturated/α-hetero) is 1. The number of benzene rings is 3. The van der Waals surface area contributed by atoms with Crippen molar-refractivity contribution in [1.29, 1.82) is 0 Å². The van der Waals surface area contributed by atoms with Crippen molar-refractivity contribution in [2.75, 3.05) is 26.2 Å². The lowest BCUT2D eigenvalue weighted by Gasteiger charge is -2.47. The van der Waals surface area contributed by atoms with Crippen molar-refractivity contribution >= 4 is 34.9 Å². The highest BCUT2D eigenvalue weighted by Crippen LogP contribution is 2.42. The summed E-state index contributed by atoms with van der Waals surface area (Å²) in [5.74, 6) is 0.360. The molecular weight excluding hydrogens is 589 g/mol. The zero-order valence-electron chi connectivity index (χ0n) is 26.1. The Labute approximate surface area is 272 Å². The molecule has 3 atom stereocenters. The molecule has 0 aromatic heterocycles. The van der Waals surface area contributed by atoms with E-state index in [1.165, 1.54) is 0 Å². The fraction of sp³-hybridized carbons (Fsp3) is 0.459. The van der Waals surface area contributed by atoms with Gasteiger partial charge in [-0.3, -0.25) is 14.5 Å². The third-order valence-electron chi connectivity index (χ3n) is 9.56. The van der Waals surface area contributed by atoms with Crippen LogP contribution in [0, 0.1) is 17.3 Å². The van der Waals surface area contributed by atoms with Gasteiger partial charge in [0.1, 0.15) is 0 Å². The standard InChI is InChI=1S/C37H45Cl2N3O2/c1-36(2,3)35(44)41-37(29-14-8-5-9-15-29)18-21-42(22-19-37)33(27-16-17-31(38)32(39)23-27)24-30(28-13-10-20-40-25-28)34(43)26-11-6-4-7-12-26/h4-9,11-12,14-17,23,28,30,33,40H,10,13,18-22,24-25H2,1-3H3,(H,41,44). The Morgan fingerprint density at radius 2 is 1.61 bits per heavy atom. The van der Waals surface area contributed by atoms with Crippen LogP contribution < -0.4 is 10.6 Å². The molecule has 44 heavy (non-hydrogen) atoms. The number of nitrogens with zero attached hydrogens (tertiary/aromatic N) is 1. The molecule has 5 rings (SSSR count). The molecule has 0 spiro atoms. The van der Waals surface area contributed by atoms with Gasteiger partial charge in [0, 0.05) is 36.0 Å². The third kappa shape index (κ3) is 7.56. The summed E-state index contributed by atoms with van der Waals surface area (Å²) in [6.45, 7) is 9.24. The number of hydrogen-bond donors (Lipinski definition) is 2. The fourth-order valence-electron chi connectivity index (χ4n) is 6.87. The van der Waals surface area contributed by atoms with Crippen molar-refractivity contribution in [3.63, 3.8) is 0 Å². The SMILES string of the molecule is CC(C)(C)C(=O)NC1(c2ccccc2)CCN(C(CC(C(=O)c2ccccc2)C2CCCNC2)c2ccc(Cl)c(Cl)c2)CC1. The number of halogens is 2. The lowest BCUT2D eigenvalue weighted by Crippen LogP contribution is -2.55. The van der Waals surface area contributed by atoms with E-state index in [1.54, 1.807) is 0 Å². The number of rotatable bonds is 9. The van der Waals surface area contributed by atoms with Gasteiger partial charge in [0.15, 0.2) is 5.78 Å². The van der Waals surface area contributed by atoms with Crippen LogP contribution in [0.1, 0.15) is 80.4 Å². The summed E-state index contributed by atoms with van der Waals surface area (Å²) in [5, 5.41) is 8.06. The first-order chi connectivity index (χ1) is 21.1. The van der Waals surface area contributed by atoms with Gasteiger partial charge >= 0.3 is 0 Å². The van der Waals surface area contributed by atoms with Crippen LogP contribution in [0.15, 0.2) is 78.9 Å². The first-order valence-electron chi connectivity index (χ1n) is 15.9. The minimum Gasteiger partial charge on any atom is -0.346 e.